The van der Waals surface area contributed by atoms with Crippen molar-refractivity contribution in [3.63, 3.8) is 0 Å². The van der Waals surface area contributed by atoms with Crippen molar-refractivity contribution >= 4 is 33.3 Å². The lowest BCUT2D eigenvalue weighted by Crippen LogP contribution is -2.36. The Kier molecular flexibility index (Phi) is 5.03. The van der Waals surface area contributed by atoms with E-state index in [0.29, 0.717) is 0 Å². The lowest BCUT2D eigenvalue weighted by Gasteiger charge is -2.25. The van der Waals surface area contributed by atoms with E-state index in [1.165, 1.54) is 20.7 Å². The molecule has 1 aliphatic heterocycles. The topological polar surface area (TPSA) is 38.2 Å². The van der Waals surface area contributed by atoms with Gasteiger partial charge in [-0.3, -0.25) is 4.90 Å². The number of aryl methyl sites for hydroxylation is 2. The van der Waals surface area contributed by atoms with Gasteiger partial charge in [-0.05, 0) is 31.5 Å². The molecule has 6 heteroatoms. The van der Waals surface area contributed by atoms with Crippen LogP contribution in [0.3, 0.4) is 0 Å². The Hall–Kier alpha value is -1.47. The molecule has 1 saturated heterocycles. The van der Waals surface area contributed by atoms with Gasteiger partial charge in [0.25, 0.3) is 0 Å². The van der Waals surface area contributed by atoms with Crippen LogP contribution in [-0.2, 0) is 11.3 Å². The maximum absolute atomic E-state index is 5.44. The number of hydrogen-bond acceptors (Lipinski definition) is 6. The molecule has 3 heterocycles. The molecular weight excluding hydrogens is 350 g/mol. The number of nitrogens with zero attached hydrogens (tertiary/aromatic N) is 3. The van der Waals surface area contributed by atoms with Gasteiger partial charge in [0.2, 0.25) is 0 Å². The fourth-order valence-electron chi connectivity index (χ4n) is 2.96. The SMILES string of the molecule is Cc1sc2nc(CN3CCOCC3)nc(Sc3ccccc3)c2c1C. The third-order valence-electron chi connectivity index (χ3n) is 4.47. The lowest BCUT2D eigenvalue weighted by molar-refractivity contribution is 0.0330. The van der Waals surface area contributed by atoms with E-state index < -0.39 is 0 Å². The maximum Gasteiger partial charge on any atom is 0.145 e. The van der Waals surface area contributed by atoms with Gasteiger partial charge in [-0.1, -0.05) is 30.0 Å². The van der Waals surface area contributed by atoms with Crippen LogP contribution in [0, 0.1) is 13.8 Å². The summed E-state index contributed by atoms with van der Waals surface area (Å²) in [5.41, 5.74) is 1.30. The number of morpholine rings is 1. The van der Waals surface area contributed by atoms with Crippen LogP contribution in [0.5, 0.6) is 0 Å². The summed E-state index contributed by atoms with van der Waals surface area (Å²) in [7, 11) is 0. The summed E-state index contributed by atoms with van der Waals surface area (Å²) in [6, 6.07) is 10.5. The average Bonchev–Trinajstić information content (AvgIpc) is 2.91. The Balaban J connectivity index is 1.72. The number of hydrogen-bond donors (Lipinski definition) is 0. The Morgan fingerprint density at radius 1 is 1.12 bits per heavy atom. The second-order valence-electron chi connectivity index (χ2n) is 6.21. The van der Waals surface area contributed by atoms with Crippen LogP contribution in [0.4, 0.5) is 0 Å². The highest BCUT2D eigenvalue weighted by Gasteiger charge is 2.18. The van der Waals surface area contributed by atoms with Crippen LogP contribution in [0.2, 0.25) is 0 Å². The van der Waals surface area contributed by atoms with E-state index in [0.717, 1.165) is 48.5 Å². The zero-order valence-electron chi connectivity index (χ0n) is 14.5. The Morgan fingerprint density at radius 3 is 2.64 bits per heavy atom. The molecule has 3 aromatic rings. The standard InChI is InChI=1S/C19H21N3OS2/c1-13-14(2)24-18-17(13)19(25-15-6-4-3-5-7-15)21-16(20-18)12-22-8-10-23-11-9-22/h3-7H,8-12H2,1-2H3. The van der Waals surface area contributed by atoms with Crippen molar-refractivity contribution < 1.29 is 4.74 Å². The molecule has 4 rings (SSSR count). The largest absolute Gasteiger partial charge is 0.379 e. The first-order valence-electron chi connectivity index (χ1n) is 8.50. The van der Waals surface area contributed by atoms with Gasteiger partial charge < -0.3 is 4.74 Å². The number of ether oxygens (including phenoxy) is 1. The third-order valence-corrected chi connectivity index (χ3v) is 6.57. The van der Waals surface area contributed by atoms with Gasteiger partial charge in [0.05, 0.1) is 19.8 Å². The molecule has 0 amide bonds. The number of benzene rings is 1. The van der Waals surface area contributed by atoms with Gasteiger partial charge in [-0.15, -0.1) is 11.3 Å². The first-order valence-corrected chi connectivity index (χ1v) is 10.1. The smallest absolute Gasteiger partial charge is 0.145 e. The molecule has 130 valence electrons. The van der Waals surface area contributed by atoms with Crippen molar-refractivity contribution in [2.75, 3.05) is 26.3 Å². The molecule has 1 fully saturated rings. The second kappa shape index (κ2) is 7.41. The summed E-state index contributed by atoms with van der Waals surface area (Å²) in [4.78, 5) is 15.8. The van der Waals surface area contributed by atoms with Gasteiger partial charge in [-0.25, -0.2) is 9.97 Å². The molecule has 0 bridgehead atoms. The minimum Gasteiger partial charge on any atom is -0.379 e. The van der Waals surface area contributed by atoms with Crippen molar-refractivity contribution in [1.82, 2.24) is 14.9 Å². The van der Waals surface area contributed by atoms with Crippen LogP contribution >= 0.6 is 23.1 Å². The summed E-state index contributed by atoms with van der Waals surface area (Å²) in [6.07, 6.45) is 0. The fraction of sp³-hybridized carbons (Fsp3) is 0.368. The van der Waals surface area contributed by atoms with E-state index >= 15 is 0 Å². The van der Waals surface area contributed by atoms with Gasteiger partial charge in [-0.2, -0.15) is 0 Å². The van der Waals surface area contributed by atoms with Crippen LogP contribution in [0.1, 0.15) is 16.3 Å². The summed E-state index contributed by atoms with van der Waals surface area (Å²) >= 11 is 3.51. The zero-order chi connectivity index (χ0) is 17.2. The number of rotatable bonds is 4. The van der Waals surface area contributed by atoms with E-state index in [2.05, 4.69) is 43.0 Å². The van der Waals surface area contributed by atoms with E-state index in [1.54, 1.807) is 23.1 Å². The summed E-state index contributed by atoms with van der Waals surface area (Å²) in [6.45, 7) is 8.62. The highest BCUT2D eigenvalue weighted by atomic mass is 32.2. The molecular formula is C19H21N3OS2. The molecule has 4 nitrogen and oxygen atoms in total. The summed E-state index contributed by atoms with van der Waals surface area (Å²) in [5, 5.41) is 2.28. The van der Waals surface area contributed by atoms with E-state index in [-0.39, 0.29) is 0 Å². The normalized spacial score (nSPS) is 15.8. The fourth-order valence-corrected chi connectivity index (χ4v) is 5.09. The van der Waals surface area contributed by atoms with Crippen LogP contribution in [0.25, 0.3) is 10.2 Å². The number of fused-ring (bicyclic) bond motifs is 1. The first kappa shape index (κ1) is 17.0. The van der Waals surface area contributed by atoms with Crippen molar-refractivity contribution in [3.8, 4) is 0 Å². The second-order valence-corrected chi connectivity index (χ2v) is 8.48. The number of aromatic nitrogens is 2. The molecule has 25 heavy (non-hydrogen) atoms. The first-order chi connectivity index (χ1) is 12.2. The molecule has 0 atom stereocenters. The summed E-state index contributed by atoms with van der Waals surface area (Å²) in [5.74, 6) is 0.911. The highest BCUT2D eigenvalue weighted by Crippen LogP contribution is 2.38. The van der Waals surface area contributed by atoms with Gasteiger partial charge in [0, 0.05) is 28.2 Å². The molecule has 0 unspecified atom stereocenters. The molecule has 0 saturated carbocycles. The lowest BCUT2D eigenvalue weighted by atomic mass is 10.2. The van der Waals surface area contributed by atoms with Crippen molar-refractivity contribution in [2.24, 2.45) is 0 Å². The van der Waals surface area contributed by atoms with E-state index in [4.69, 9.17) is 14.7 Å². The molecule has 1 aliphatic rings. The van der Waals surface area contributed by atoms with E-state index in [1.807, 2.05) is 6.07 Å². The van der Waals surface area contributed by atoms with Crippen LogP contribution in [0.15, 0.2) is 40.3 Å². The van der Waals surface area contributed by atoms with Crippen LogP contribution < -0.4 is 0 Å². The van der Waals surface area contributed by atoms with Gasteiger partial charge >= 0.3 is 0 Å². The quantitative estimate of drug-likeness (QED) is 0.640. The summed E-state index contributed by atoms with van der Waals surface area (Å²) < 4.78 is 5.44. The van der Waals surface area contributed by atoms with Crippen molar-refractivity contribution in [2.45, 2.75) is 30.3 Å². The van der Waals surface area contributed by atoms with Crippen LogP contribution in [-0.4, -0.2) is 41.2 Å². The maximum atomic E-state index is 5.44. The Bertz CT molecular complexity index is 873. The monoisotopic (exact) mass is 371 g/mol. The van der Waals surface area contributed by atoms with Gasteiger partial charge in [0.15, 0.2) is 0 Å². The molecule has 0 aliphatic carbocycles. The minimum atomic E-state index is 0.789. The highest BCUT2D eigenvalue weighted by molar-refractivity contribution is 7.99. The predicted octanol–water partition coefficient (Wildman–Crippen LogP) is 4.29. The number of thiophene rings is 1. The predicted molar refractivity (Wildman–Crippen MR) is 104 cm³/mol. The molecule has 0 radical (unpaired) electrons. The Morgan fingerprint density at radius 2 is 1.88 bits per heavy atom. The minimum absolute atomic E-state index is 0.789. The zero-order valence-corrected chi connectivity index (χ0v) is 16.1. The molecule has 0 N–H and O–H groups in total. The Labute approximate surface area is 156 Å². The van der Waals surface area contributed by atoms with Crippen molar-refractivity contribution in [1.29, 1.82) is 0 Å². The molecule has 2 aromatic heterocycles. The molecule has 1 aromatic carbocycles. The van der Waals surface area contributed by atoms with Gasteiger partial charge in [0.1, 0.15) is 15.7 Å². The molecule has 0 spiro atoms. The van der Waals surface area contributed by atoms with E-state index in [9.17, 15) is 0 Å². The third kappa shape index (κ3) is 3.72. The average molecular weight is 372 g/mol. The van der Waals surface area contributed by atoms with Crippen molar-refractivity contribution in [3.05, 3.63) is 46.6 Å².